The summed E-state index contributed by atoms with van der Waals surface area (Å²) in [6, 6.07) is 14.9. The van der Waals surface area contributed by atoms with E-state index in [4.69, 9.17) is 0 Å². The molecular weight excluding hydrogens is 265 g/mol. The molecule has 3 rings (SSSR count). The first-order valence-corrected chi connectivity index (χ1v) is 7.21. The van der Waals surface area contributed by atoms with Gasteiger partial charge in [-0.15, -0.1) is 0 Å². The Morgan fingerprint density at radius 3 is 2.52 bits per heavy atom. The summed E-state index contributed by atoms with van der Waals surface area (Å²) in [5.41, 5.74) is 2.10. The Balaban J connectivity index is 1.68. The van der Waals surface area contributed by atoms with Gasteiger partial charge in [-0.05, 0) is 42.5 Å². The van der Waals surface area contributed by atoms with E-state index in [1.54, 1.807) is 13.0 Å². The number of halogens is 1. The van der Waals surface area contributed by atoms with Crippen molar-refractivity contribution in [2.75, 3.05) is 0 Å². The van der Waals surface area contributed by atoms with Gasteiger partial charge in [0.2, 0.25) is 5.91 Å². The van der Waals surface area contributed by atoms with E-state index in [1.807, 2.05) is 36.4 Å². The first-order valence-electron chi connectivity index (χ1n) is 7.21. The fourth-order valence-corrected chi connectivity index (χ4v) is 2.63. The third-order valence-electron chi connectivity index (χ3n) is 4.20. The standard InChI is InChI=1S/C18H18FNO/c1-13-7-8-14(11-16(13)19)12-20-17(21)18(9-10-18)15-5-3-2-4-6-15/h2-8,11H,9-10,12H2,1H3,(H,20,21). The molecule has 0 radical (unpaired) electrons. The van der Waals surface area contributed by atoms with Gasteiger partial charge in [0.1, 0.15) is 5.82 Å². The predicted molar refractivity (Wildman–Crippen MR) is 80.3 cm³/mol. The zero-order valence-electron chi connectivity index (χ0n) is 12.0. The topological polar surface area (TPSA) is 29.1 Å². The summed E-state index contributed by atoms with van der Waals surface area (Å²) in [6.45, 7) is 2.09. The Hall–Kier alpha value is -2.16. The second kappa shape index (κ2) is 5.32. The van der Waals surface area contributed by atoms with E-state index in [0.29, 0.717) is 12.1 Å². The number of carbonyl (C=O) groups is 1. The second-order valence-electron chi connectivity index (χ2n) is 5.71. The number of hydrogen-bond acceptors (Lipinski definition) is 1. The molecule has 0 atom stereocenters. The van der Waals surface area contributed by atoms with Crippen LogP contribution >= 0.6 is 0 Å². The molecule has 3 heteroatoms. The van der Waals surface area contributed by atoms with Crippen molar-refractivity contribution in [2.45, 2.75) is 31.7 Å². The van der Waals surface area contributed by atoms with E-state index in [9.17, 15) is 9.18 Å². The van der Waals surface area contributed by atoms with E-state index in [1.165, 1.54) is 6.07 Å². The Bertz CT molecular complexity index is 662. The fraction of sp³-hybridized carbons (Fsp3) is 0.278. The Kier molecular flexibility index (Phi) is 3.50. The zero-order chi connectivity index (χ0) is 14.9. The minimum absolute atomic E-state index is 0.0367. The normalized spacial score (nSPS) is 15.5. The summed E-state index contributed by atoms with van der Waals surface area (Å²) in [7, 11) is 0. The Morgan fingerprint density at radius 2 is 1.90 bits per heavy atom. The maximum atomic E-state index is 13.5. The van der Waals surface area contributed by atoms with Gasteiger partial charge in [0.05, 0.1) is 5.41 Å². The summed E-state index contributed by atoms with van der Waals surface area (Å²) < 4.78 is 13.5. The summed E-state index contributed by atoms with van der Waals surface area (Å²) in [6.07, 6.45) is 1.76. The van der Waals surface area contributed by atoms with E-state index < -0.39 is 0 Å². The monoisotopic (exact) mass is 283 g/mol. The number of amides is 1. The van der Waals surface area contributed by atoms with Gasteiger partial charge in [0.15, 0.2) is 0 Å². The van der Waals surface area contributed by atoms with Gasteiger partial charge in [-0.3, -0.25) is 4.79 Å². The lowest BCUT2D eigenvalue weighted by molar-refractivity contribution is -0.123. The zero-order valence-corrected chi connectivity index (χ0v) is 12.0. The van der Waals surface area contributed by atoms with Crippen molar-refractivity contribution in [3.63, 3.8) is 0 Å². The van der Waals surface area contributed by atoms with Gasteiger partial charge in [-0.1, -0.05) is 42.5 Å². The van der Waals surface area contributed by atoms with Crippen LogP contribution in [0.5, 0.6) is 0 Å². The number of rotatable bonds is 4. The molecular formula is C18H18FNO. The highest BCUT2D eigenvalue weighted by Crippen LogP contribution is 2.48. The van der Waals surface area contributed by atoms with Gasteiger partial charge < -0.3 is 5.32 Å². The minimum Gasteiger partial charge on any atom is -0.351 e. The maximum absolute atomic E-state index is 13.5. The quantitative estimate of drug-likeness (QED) is 0.914. The van der Waals surface area contributed by atoms with Crippen molar-refractivity contribution in [1.29, 1.82) is 0 Å². The van der Waals surface area contributed by atoms with Crippen LogP contribution in [-0.2, 0) is 16.8 Å². The molecule has 1 aliphatic carbocycles. The van der Waals surface area contributed by atoms with E-state index >= 15 is 0 Å². The molecule has 2 aromatic rings. The minimum atomic E-state index is -0.371. The molecule has 108 valence electrons. The highest BCUT2D eigenvalue weighted by molar-refractivity contribution is 5.91. The van der Waals surface area contributed by atoms with Crippen LogP contribution in [0, 0.1) is 12.7 Å². The van der Waals surface area contributed by atoms with Crippen molar-refractivity contribution < 1.29 is 9.18 Å². The van der Waals surface area contributed by atoms with Gasteiger partial charge in [0.25, 0.3) is 0 Å². The lowest BCUT2D eigenvalue weighted by Gasteiger charge is -2.16. The first-order chi connectivity index (χ1) is 10.1. The summed E-state index contributed by atoms with van der Waals surface area (Å²) >= 11 is 0. The molecule has 0 saturated heterocycles. The van der Waals surface area contributed by atoms with Crippen molar-refractivity contribution in [3.8, 4) is 0 Å². The summed E-state index contributed by atoms with van der Waals surface area (Å²) in [5.74, 6) is -0.194. The van der Waals surface area contributed by atoms with Crippen LogP contribution in [0.25, 0.3) is 0 Å². The molecule has 21 heavy (non-hydrogen) atoms. The van der Waals surface area contributed by atoms with Crippen LogP contribution in [0.4, 0.5) is 4.39 Å². The van der Waals surface area contributed by atoms with Crippen molar-refractivity contribution >= 4 is 5.91 Å². The second-order valence-corrected chi connectivity index (χ2v) is 5.71. The Labute approximate surface area is 124 Å². The average molecular weight is 283 g/mol. The molecule has 0 aliphatic heterocycles. The van der Waals surface area contributed by atoms with E-state index in [0.717, 1.165) is 24.0 Å². The third-order valence-corrected chi connectivity index (χ3v) is 4.20. The van der Waals surface area contributed by atoms with Crippen LogP contribution in [0.2, 0.25) is 0 Å². The third kappa shape index (κ3) is 2.68. The van der Waals surface area contributed by atoms with Gasteiger partial charge in [-0.2, -0.15) is 0 Å². The molecule has 0 spiro atoms. The largest absolute Gasteiger partial charge is 0.351 e. The predicted octanol–water partition coefficient (Wildman–Crippen LogP) is 3.48. The highest BCUT2D eigenvalue weighted by atomic mass is 19.1. The molecule has 1 fully saturated rings. The van der Waals surface area contributed by atoms with Crippen LogP contribution in [-0.4, -0.2) is 5.91 Å². The summed E-state index contributed by atoms with van der Waals surface area (Å²) in [4.78, 5) is 12.4. The Morgan fingerprint density at radius 1 is 1.19 bits per heavy atom. The number of aryl methyl sites for hydroxylation is 1. The number of hydrogen-bond donors (Lipinski definition) is 1. The van der Waals surface area contributed by atoms with Gasteiger partial charge >= 0.3 is 0 Å². The molecule has 0 heterocycles. The molecule has 1 amide bonds. The molecule has 0 unspecified atom stereocenters. The maximum Gasteiger partial charge on any atom is 0.230 e. The van der Waals surface area contributed by atoms with E-state index in [-0.39, 0.29) is 17.1 Å². The molecule has 1 N–H and O–H groups in total. The molecule has 0 bridgehead atoms. The van der Waals surface area contributed by atoms with Gasteiger partial charge in [-0.25, -0.2) is 4.39 Å². The van der Waals surface area contributed by atoms with Crippen molar-refractivity contribution in [2.24, 2.45) is 0 Å². The first kappa shape index (κ1) is 13.8. The van der Waals surface area contributed by atoms with Crippen molar-refractivity contribution in [1.82, 2.24) is 5.32 Å². The smallest absolute Gasteiger partial charge is 0.230 e. The van der Waals surface area contributed by atoms with Crippen LogP contribution in [0.15, 0.2) is 48.5 Å². The van der Waals surface area contributed by atoms with Crippen molar-refractivity contribution in [3.05, 3.63) is 71.0 Å². The molecule has 2 nitrogen and oxygen atoms in total. The molecule has 1 saturated carbocycles. The lowest BCUT2D eigenvalue weighted by atomic mass is 9.95. The lowest BCUT2D eigenvalue weighted by Crippen LogP contribution is -2.34. The number of nitrogens with one attached hydrogen (secondary N) is 1. The van der Waals surface area contributed by atoms with Crippen LogP contribution < -0.4 is 5.32 Å². The van der Waals surface area contributed by atoms with Crippen LogP contribution in [0.1, 0.15) is 29.5 Å². The summed E-state index contributed by atoms with van der Waals surface area (Å²) in [5, 5.41) is 2.94. The molecule has 2 aromatic carbocycles. The fourth-order valence-electron chi connectivity index (χ4n) is 2.63. The molecule has 1 aliphatic rings. The SMILES string of the molecule is Cc1ccc(CNC(=O)C2(c3ccccc3)CC2)cc1F. The number of benzene rings is 2. The average Bonchev–Trinajstić information content (AvgIpc) is 3.31. The van der Waals surface area contributed by atoms with E-state index in [2.05, 4.69) is 5.32 Å². The number of carbonyl (C=O) groups excluding carboxylic acids is 1. The molecule has 0 aromatic heterocycles. The van der Waals surface area contributed by atoms with Crippen LogP contribution in [0.3, 0.4) is 0 Å². The highest BCUT2D eigenvalue weighted by Gasteiger charge is 2.50. The van der Waals surface area contributed by atoms with Gasteiger partial charge in [0, 0.05) is 6.54 Å².